The summed E-state index contributed by atoms with van der Waals surface area (Å²) in [6, 6.07) is 36.3. The summed E-state index contributed by atoms with van der Waals surface area (Å²) in [5.41, 5.74) is 0.148. The van der Waals surface area contributed by atoms with Gasteiger partial charge in [0.25, 0.3) is 0 Å². The summed E-state index contributed by atoms with van der Waals surface area (Å²) in [6.45, 7) is 14.5. The summed E-state index contributed by atoms with van der Waals surface area (Å²) in [5, 5.41) is 6.35. The molecule has 4 aromatic carbocycles. The van der Waals surface area contributed by atoms with Crippen molar-refractivity contribution < 1.29 is 46.6 Å². The van der Waals surface area contributed by atoms with Crippen molar-refractivity contribution in [1.82, 2.24) is 0 Å². The van der Waals surface area contributed by atoms with Crippen LogP contribution in [0.5, 0.6) is 0 Å². The van der Waals surface area contributed by atoms with Crippen LogP contribution in [-0.2, 0) is 30.5 Å². The molecule has 0 unspecified atom stereocenters. The number of halogens is 3. The fourth-order valence-electron chi connectivity index (χ4n) is 5.08. The Labute approximate surface area is 296 Å². The maximum atomic E-state index is 10.7. The third kappa shape index (κ3) is 13.6. The van der Waals surface area contributed by atoms with Gasteiger partial charge in [-0.25, -0.2) is 27.5 Å². The summed E-state index contributed by atoms with van der Waals surface area (Å²) < 4.78 is 58.9. The molecule has 0 N–H and O–H groups in total. The van der Waals surface area contributed by atoms with Crippen molar-refractivity contribution in [3.8, 4) is 0 Å². The molecule has 0 radical (unpaired) electrons. The second-order valence-corrected chi connectivity index (χ2v) is 17.3. The Bertz CT molecular complexity index is 1460. The largest absolute Gasteiger partial charge is 0.741 e. The van der Waals surface area contributed by atoms with Crippen LogP contribution in [0.4, 0.5) is 13.2 Å². The fourth-order valence-corrected chi connectivity index (χ4v) is 11.4. The molecule has 47 heavy (non-hydrogen) atoms. The first-order chi connectivity index (χ1) is 21.7. The minimum atomic E-state index is -6.09. The van der Waals surface area contributed by atoms with Crippen LogP contribution < -0.4 is 21.2 Å². The maximum Gasteiger partial charge on any atom is 0.485 e. The molecule has 0 fully saturated rings. The van der Waals surface area contributed by atoms with Crippen molar-refractivity contribution in [2.45, 2.75) is 53.0 Å². The molecule has 4 aromatic rings. The van der Waals surface area contributed by atoms with Crippen molar-refractivity contribution >= 4 is 47.2 Å². The van der Waals surface area contributed by atoms with E-state index in [-0.39, 0.29) is 20.4 Å². The van der Waals surface area contributed by atoms with Gasteiger partial charge in [0.1, 0.15) is 0 Å². The molecular formula is C37H45F3O3P2PdS. The van der Waals surface area contributed by atoms with E-state index in [4.69, 9.17) is 13.0 Å². The second-order valence-electron chi connectivity index (χ2n) is 10.9. The van der Waals surface area contributed by atoms with E-state index in [2.05, 4.69) is 131 Å². The predicted molar refractivity (Wildman–Crippen MR) is 195 cm³/mol. The number of unbranched alkanes of at least 4 members (excludes halogenated alkanes) is 1. The fraction of sp³-hybridized carbons (Fsp3) is 0.270. The average Bonchev–Trinajstić information content (AvgIpc) is 3.01. The Morgan fingerprint density at radius 1 is 0.660 bits per heavy atom. The molecule has 0 aromatic heterocycles. The summed E-state index contributed by atoms with van der Waals surface area (Å²) in [6.07, 6.45) is 8.83. The summed E-state index contributed by atoms with van der Waals surface area (Å²) >= 11 is 0. The molecule has 10 heteroatoms. The van der Waals surface area contributed by atoms with Gasteiger partial charge in [0.2, 0.25) is 0 Å². The van der Waals surface area contributed by atoms with Crippen LogP contribution in [0.3, 0.4) is 0 Å². The molecule has 3 nitrogen and oxygen atoms in total. The third-order valence-corrected chi connectivity index (χ3v) is 14.6. The predicted octanol–water partition coefficient (Wildman–Crippen LogP) is 8.18. The van der Waals surface area contributed by atoms with Gasteiger partial charge in [0, 0.05) is 20.4 Å². The Balaban J connectivity index is 0.000000727. The zero-order valence-corrected chi connectivity index (χ0v) is 31.9. The summed E-state index contributed by atoms with van der Waals surface area (Å²) in [5.74, 6) is 0. The normalized spacial score (nSPS) is 11.0. The molecule has 258 valence electrons. The second kappa shape index (κ2) is 20.9. The standard InChI is InChI=1S/C32H36P2.C4H7.CHF3O3S.Pd/c1-25-15-5-9-19-29(25)33(30-20-10-6-16-26(30)2)23-13-14-24-34(31-21-11-7-17-27(31)3)32-22-12-8-18-28(32)4;1-3-4-2;2-1(3,4)8(5,6)7;/h5-12,15-22H,13-14,23-24H2,1-4H3;3-4H,1H2,2H3;(H,5,6,7);/q;-1;;/p+1. The minimum absolute atomic E-state index is 0. The smallest absolute Gasteiger partial charge is 0.485 e. The van der Waals surface area contributed by atoms with Gasteiger partial charge in [-0.3, -0.25) is 0 Å². The molecule has 0 aliphatic carbocycles. The van der Waals surface area contributed by atoms with E-state index < -0.39 is 31.5 Å². The Morgan fingerprint density at radius 3 is 1.04 bits per heavy atom. The number of hydrogen-bond donors (Lipinski definition) is 0. The molecule has 0 aliphatic heterocycles. The average molecular weight is 795 g/mol. The Morgan fingerprint density at radius 2 is 0.872 bits per heavy atom. The molecule has 0 amide bonds. The Kier molecular flexibility index (Phi) is 19.0. The van der Waals surface area contributed by atoms with Crippen LogP contribution in [-0.4, -0.2) is 30.8 Å². The van der Waals surface area contributed by atoms with Gasteiger partial charge in [0.15, 0.2) is 10.1 Å². The van der Waals surface area contributed by atoms with Gasteiger partial charge in [-0.2, -0.15) is 13.2 Å². The van der Waals surface area contributed by atoms with Crippen molar-refractivity contribution in [2.75, 3.05) is 12.3 Å². The number of alkyl halides is 3. The number of allylic oxidation sites excluding steroid dienone is 1. The van der Waals surface area contributed by atoms with Crippen LogP contribution in [0.2, 0.25) is 0 Å². The van der Waals surface area contributed by atoms with Gasteiger partial charge in [-0.05, 0) is 87.1 Å². The first-order valence-electron chi connectivity index (χ1n) is 15.1. The number of hydrogen-bond acceptors (Lipinski definition) is 3. The van der Waals surface area contributed by atoms with Crippen LogP contribution in [0.25, 0.3) is 0 Å². The minimum Gasteiger partial charge on any atom is -0.741 e. The molecule has 0 saturated carbocycles. The summed E-state index contributed by atoms with van der Waals surface area (Å²) in [7, 11) is -7.67. The quantitative estimate of drug-likeness (QED) is 0.0407. The van der Waals surface area contributed by atoms with Crippen LogP contribution in [0.15, 0.2) is 110 Å². The maximum absolute atomic E-state index is 10.7. The molecule has 0 heterocycles. The molecule has 0 atom stereocenters. The van der Waals surface area contributed by atoms with Gasteiger partial charge >= 0.3 is 5.51 Å². The number of aryl methyl sites for hydroxylation is 4. The van der Waals surface area contributed by atoms with Crippen molar-refractivity contribution in [2.24, 2.45) is 0 Å². The first kappa shape index (κ1) is 42.7. The van der Waals surface area contributed by atoms with E-state index >= 15 is 0 Å². The van der Waals surface area contributed by atoms with Gasteiger partial charge in [0.05, 0.1) is 49.4 Å². The molecule has 0 saturated heterocycles. The number of benzene rings is 4. The molecule has 0 spiro atoms. The summed E-state index contributed by atoms with van der Waals surface area (Å²) in [4.78, 5) is 0. The van der Waals surface area contributed by atoms with E-state index in [1.165, 1.54) is 47.4 Å². The van der Waals surface area contributed by atoms with E-state index in [0.717, 1.165) is 0 Å². The Hall–Kier alpha value is -2.29. The van der Waals surface area contributed by atoms with Crippen molar-refractivity contribution in [3.05, 3.63) is 138 Å². The SMILES string of the molecule is C=C[CH-]C.Cc1ccccc1[PH+](CCCC[PH+](c1ccccc1C)c1ccccc1C)c1ccccc1C.O=S(=O)([O-])C(F)(F)F.[Pd]. The van der Waals surface area contributed by atoms with Crippen molar-refractivity contribution in [3.63, 3.8) is 0 Å². The van der Waals surface area contributed by atoms with Gasteiger partial charge in [-0.1, -0.05) is 72.8 Å². The monoisotopic (exact) mass is 794 g/mol. The third-order valence-electron chi connectivity index (χ3n) is 7.50. The topological polar surface area (TPSA) is 57.2 Å². The zero-order valence-electron chi connectivity index (χ0n) is 27.5. The van der Waals surface area contributed by atoms with Crippen LogP contribution >= 0.6 is 15.8 Å². The molecular weight excluding hydrogens is 750 g/mol. The molecule has 4 rings (SSSR count). The van der Waals surface area contributed by atoms with Crippen LogP contribution in [0.1, 0.15) is 42.0 Å². The van der Waals surface area contributed by atoms with E-state index in [0.29, 0.717) is 0 Å². The first-order valence-corrected chi connectivity index (χ1v) is 19.9. The number of rotatable bonds is 10. The van der Waals surface area contributed by atoms with Gasteiger partial charge < -0.3 is 4.55 Å². The van der Waals surface area contributed by atoms with E-state index in [1.54, 1.807) is 27.3 Å². The van der Waals surface area contributed by atoms with Crippen LogP contribution in [0, 0.1) is 34.1 Å². The molecule has 0 aliphatic rings. The zero-order chi connectivity index (χ0) is 34.3. The van der Waals surface area contributed by atoms with Gasteiger partial charge in [-0.15, -0.1) is 6.92 Å². The van der Waals surface area contributed by atoms with E-state index in [1.807, 2.05) is 13.3 Å². The van der Waals surface area contributed by atoms with E-state index in [9.17, 15) is 13.2 Å². The van der Waals surface area contributed by atoms with Crippen molar-refractivity contribution in [1.29, 1.82) is 0 Å². The molecule has 0 bridgehead atoms.